The van der Waals surface area contributed by atoms with E-state index in [9.17, 15) is 4.79 Å². The Labute approximate surface area is 93.7 Å². The van der Waals surface area contributed by atoms with Crippen LogP contribution in [0, 0.1) is 0 Å². The first-order chi connectivity index (χ1) is 7.60. The molecule has 0 saturated heterocycles. The van der Waals surface area contributed by atoms with E-state index < -0.39 is 6.04 Å². The van der Waals surface area contributed by atoms with Crippen molar-refractivity contribution in [1.82, 2.24) is 0 Å². The Hall–Kier alpha value is -1.75. The SMILES string of the molecule is COc1cc(OC)c2c(c1)C(N)C(=O)N2C. The van der Waals surface area contributed by atoms with Crippen LogP contribution in [0.3, 0.4) is 0 Å². The molecule has 1 aliphatic heterocycles. The van der Waals surface area contributed by atoms with Gasteiger partial charge in [-0.3, -0.25) is 4.79 Å². The zero-order valence-electron chi connectivity index (χ0n) is 9.48. The van der Waals surface area contributed by atoms with Crippen LogP contribution in [0.25, 0.3) is 0 Å². The molecular formula is C11H14N2O3. The van der Waals surface area contributed by atoms with Crippen LogP contribution < -0.4 is 20.1 Å². The van der Waals surface area contributed by atoms with Gasteiger partial charge < -0.3 is 20.1 Å². The number of fused-ring (bicyclic) bond motifs is 1. The summed E-state index contributed by atoms with van der Waals surface area (Å²) < 4.78 is 10.4. The molecule has 1 amide bonds. The van der Waals surface area contributed by atoms with Gasteiger partial charge in [-0.25, -0.2) is 0 Å². The van der Waals surface area contributed by atoms with E-state index in [2.05, 4.69) is 0 Å². The maximum atomic E-state index is 11.7. The Bertz CT molecular complexity index is 445. The summed E-state index contributed by atoms with van der Waals surface area (Å²) in [5.74, 6) is 1.09. The van der Waals surface area contributed by atoms with Gasteiger partial charge >= 0.3 is 0 Å². The fourth-order valence-electron chi connectivity index (χ4n) is 1.92. The van der Waals surface area contributed by atoms with Crippen molar-refractivity contribution in [3.8, 4) is 11.5 Å². The minimum atomic E-state index is -0.635. The molecule has 1 aliphatic rings. The summed E-state index contributed by atoms with van der Waals surface area (Å²) in [6.07, 6.45) is 0. The molecule has 86 valence electrons. The highest BCUT2D eigenvalue weighted by Gasteiger charge is 2.35. The first-order valence-electron chi connectivity index (χ1n) is 4.89. The zero-order valence-corrected chi connectivity index (χ0v) is 9.48. The predicted molar refractivity (Wildman–Crippen MR) is 59.9 cm³/mol. The van der Waals surface area contributed by atoms with Crippen molar-refractivity contribution in [2.45, 2.75) is 6.04 Å². The number of hydrogen-bond acceptors (Lipinski definition) is 4. The van der Waals surface area contributed by atoms with Crippen molar-refractivity contribution >= 4 is 11.6 Å². The number of ether oxygens (including phenoxy) is 2. The molecule has 0 bridgehead atoms. The summed E-state index contributed by atoms with van der Waals surface area (Å²) in [6.45, 7) is 0. The van der Waals surface area contributed by atoms with Crippen LogP contribution >= 0.6 is 0 Å². The second kappa shape index (κ2) is 3.68. The number of benzene rings is 1. The number of likely N-dealkylation sites (N-methyl/N-ethyl adjacent to an activating group) is 1. The normalized spacial score (nSPS) is 18.6. The lowest BCUT2D eigenvalue weighted by molar-refractivity contribution is -0.118. The van der Waals surface area contributed by atoms with Crippen LogP contribution in [-0.2, 0) is 4.79 Å². The maximum absolute atomic E-state index is 11.7. The molecule has 0 spiro atoms. The van der Waals surface area contributed by atoms with Gasteiger partial charge in [0.2, 0.25) is 5.91 Å². The third-order valence-electron chi connectivity index (χ3n) is 2.80. The third-order valence-corrected chi connectivity index (χ3v) is 2.80. The van der Waals surface area contributed by atoms with Gasteiger partial charge in [-0.1, -0.05) is 0 Å². The molecule has 1 unspecified atom stereocenters. The first-order valence-corrected chi connectivity index (χ1v) is 4.89. The van der Waals surface area contributed by atoms with E-state index in [0.717, 1.165) is 11.3 Å². The van der Waals surface area contributed by atoms with Crippen LogP contribution in [0.2, 0.25) is 0 Å². The molecule has 5 nitrogen and oxygen atoms in total. The Kier molecular flexibility index (Phi) is 2.47. The molecule has 1 atom stereocenters. The van der Waals surface area contributed by atoms with E-state index in [-0.39, 0.29) is 5.91 Å². The number of amides is 1. The van der Waals surface area contributed by atoms with Gasteiger partial charge in [-0.05, 0) is 6.07 Å². The quantitative estimate of drug-likeness (QED) is 0.799. The van der Waals surface area contributed by atoms with Gasteiger partial charge in [0.1, 0.15) is 17.5 Å². The standard InChI is InChI=1S/C11H14N2O3/c1-13-10-7(9(12)11(13)14)4-6(15-2)5-8(10)16-3/h4-5,9H,12H2,1-3H3. The van der Waals surface area contributed by atoms with Gasteiger partial charge in [0.25, 0.3) is 0 Å². The van der Waals surface area contributed by atoms with Crippen LogP contribution in [-0.4, -0.2) is 27.2 Å². The fourth-order valence-corrected chi connectivity index (χ4v) is 1.92. The van der Waals surface area contributed by atoms with Crippen LogP contribution in [0.15, 0.2) is 12.1 Å². The second-order valence-corrected chi connectivity index (χ2v) is 3.64. The van der Waals surface area contributed by atoms with Crippen LogP contribution in [0.5, 0.6) is 11.5 Å². The minimum absolute atomic E-state index is 0.137. The Balaban J connectivity index is 2.64. The summed E-state index contributed by atoms with van der Waals surface area (Å²) in [6, 6.07) is 2.87. The number of carbonyl (C=O) groups is 1. The summed E-state index contributed by atoms with van der Waals surface area (Å²) in [4.78, 5) is 13.2. The number of nitrogens with zero attached hydrogens (tertiary/aromatic N) is 1. The Morgan fingerprint density at radius 2 is 2.00 bits per heavy atom. The third kappa shape index (κ3) is 1.32. The first kappa shape index (κ1) is 10.8. The summed E-state index contributed by atoms with van der Waals surface area (Å²) >= 11 is 0. The Morgan fingerprint density at radius 1 is 1.31 bits per heavy atom. The number of carbonyl (C=O) groups excluding carboxylic acids is 1. The molecule has 1 aromatic rings. The van der Waals surface area contributed by atoms with Crippen molar-refractivity contribution in [3.05, 3.63) is 17.7 Å². The second-order valence-electron chi connectivity index (χ2n) is 3.64. The number of rotatable bonds is 2. The van der Waals surface area contributed by atoms with E-state index >= 15 is 0 Å². The maximum Gasteiger partial charge on any atom is 0.248 e. The zero-order chi connectivity index (χ0) is 11.9. The summed E-state index contributed by atoms with van der Waals surface area (Å²) in [5.41, 5.74) is 7.29. The molecule has 2 rings (SSSR count). The van der Waals surface area contributed by atoms with Crippen LogP contribution in [0.4, 0.5) is 5.69 Å². The highest BCUT2D eigenvalue weighted by atomic mass is 16.5. The molecule has 0 fully saturated rings. The number of hydrogen-bond donors (Lipinski definition) is 1. The Morgan fingerprint density at radius 3 is 2.56 bits per heavy atom. The molecule has 5 heteroatoms. The van der Waals surface area contributed by atoms with Crippen molar-refractivity contribution in [1.29, 1.82) is 0 Å². The van der Waals surface area contributed by atoms with Crippen molar-refractivity contribution in [2.24, 2.45) is 5.73 Å². The number of nitrogens with two attached hydrogens (primary N) is 1. The fraction of sp³-hybridized carbons (Fsp3) is 0.364. The smallest absolute Gasteiger partial charge is 0.248 e. The largest absolute Gasteiger partial charge is 0.497 e. The van der Waals surface area contributed by atoms with Gasteiger partial charge in [-0.15, -0.1) is 0 Å². The average molecular weight is 222 g/mol. The highest BCUT2D eigenvalue weighted by Crippen LogP contribution is 2.43. The lowest BCUT2D eigenvalue weighted by Crippen LogP contribution is -2.28. The lowest BCUT2D eigenvalue weighted by atomic mass is 10.1. The van der Waals surface area contributed by atoms with Gasteiger partial charge in [0.05, 0.1) is 19.9 Å². The van der Waals surface area contributed by atoms with E-state index in [4.69, 9.17) is 15.2 Å². The lowest BCUT2D eigenvalue weighted by Gasteiger charge is -2.14. The van der Waals surface area contributed by atoms with Gasteiger partial charge in [0, 0.05) is 18.7 Å². The summed E-state index contributed by atoms with van der Waals surface area (Å²) in [7, 11) is 4.80. The van der Waals surface area contributed by atoms with Crippen molar-refractivity contribution in [3.63, 3.8) is 0 Å². The minimum Gasteiger partial charge on any atom is -0.497 e. The van der Waals surface area contributed by atoms with Gasteiger partial charge in [-0.2, -0.15) is 0 Å². The molecule has 16 heavy (non-hydrogen) atoms. The van der Waals surface area contributed by atoms with E-state index in [0.29, 0.717) is 11.5 Å². The highest BCUT2D eigenvalue weighted by molar-refractivity contribution is 6.05. The predicted octanol–water partition coefficient (Wildman–Crippen LogP) is 0.680. The molecular weight excluding hydrogens is 208 g/mol. The van der Waals surface area contributed by atoms with Gasteiger partial charge in [0.15, 0.2) is 0 Å². The average Bonchev–Trinajstić information content (AvgIpc) is 2.53. The number of anilines is 1. The topological polar surface area (TPSA) is 64.8 Å². The monoisotopic (exact) mass is 222 g/mol. The summed E-state index contributed by atoms with van der Waals surface area (Å²) in [5, 5.41) is 0. The molecule has 0 radical (unpaired) electrons. The molecule has 0 saturated carbocycles. The molecule has 1 aromatic carbocycles. The van der Waals surface area contributed by atoms with E-state index in [1.165, 1.54) is 4.90 Å². The molecule has 0 aromatic heterocycles. The van der Waals surface area contributed by atoms with E-state index in [1.54, 1.807) is 33.4 Å². The van der Waals surface area contributed by atoms with Crippen molar-refractivity contribution in [2.75, 3.05) is 26.2 Å². The molecule has 2 N–H and O–H groups in total. The van der Waals surface area contributed by atoms with Crippen molar-refractivity contribution < 1.29 is 14.3 Å². The molecule has 1 heterocycles. The molecule has 0 aliphatic carbocycles. The van der Waals surface area contributed by atoms with Crippen LogP contribution in [0.1, 0.15) is 11.6 Å². The number of methoxy groups -OCH3 is 2. The van der Waals surface area contributed by atoms with E-state index in [1.807, 2.05) is 0 Å².